The normalized spacial score (nSPS) is 19.4. The van der Waals surface area contributed by atoms with Crippen molar-refractivity contribution in [3.05, 3.63) is 82.4 Å². The molecule has 2 atom stereocenters. The highest BCUT2D eigenvalue weighted by Gasteiger charge is 2.40. The van der Waals surface area contributed by atoms with Gasteiger partial charge in [-0.3, -0.25) is 4.98 Å². The molecule has 138 valence electrons. The molecule has 0 spiro atoms. The van der Waals surface area contributed by atoms with Crippen LogP contribution in [0.5, 0.6) is 0 Å². The number of halogens is 2. The average Bonchev–Trinajstić information content (AvgIpc) is 3.26. The lowest BCUT2D eigenvalue weighted by molar-refractivity contribution is 0.321. The Kier molecular flexibility index (Phi) is 5.08. The van der Waals surface area contributed by atoms with Crippen molar-refractivity contribution in [2.24, 2.45) is 0 Å². The van der Waals surface area contributed by atoms with Crippen LogP contribution in [-0.2, 0) is 0 Å². The van der Waals surface area contributed by atoms with Gasteiger partial charge in [0, 0.05) is 29.7 Å². The maximum atomic E-state index is 6.48. The Balaban J connectivity index is 1.83. The van der Waals surface area contributed by atoms with Gasteiger partial charge in [-0.1, -0.05) is 29.3 Å². The number of likely N-dealkylation sites (N-methyl/N-ethyl adjacent to an activating group) is 1. The van der Waals surface area contributed by atoms with Crippen LogP contribution in [0.2, 0.25) is 10.0 Å². The van der Waals surface area contributed by atoms with Crippen LogP contribution in [0.25, 0.3) is 5.69 Å². The fourth-order valence-corrected chi connectivity index (χ4v) is 4.47. The van der Waals surface area contributed by atoms with Gasteiger partial charge < -0.3 is 14.8 Å². The molecule has 4 nitrogen and oxygen atoms in total. The molecular formula is C20H18Cl2N4S. The molecule has 0 amide bonds. The molecule has 3 aromatic rings. The van der Waals surface area contributed by atoms with Crippen molar-refractivity contribution in [3.63, 3.8) is 0 Å². The van der Waals surface area contributed by atoms with E-state index < -0.39 is 0 Å². The molecule has 4 rings (SSSR count). The third-order valence-corrected chi connectivity index (χ3v) is 5.68. The molecular weight excluding hydrogens is 399 g/mol. The second-order valence-corrected chi connectivity index (χ2v) is 7.54. The van der Waals surface area contributed by atoms with Gasteiger partial charge in [-0.05, 0) is 61.6 Å². The summed E-state index contributed by atoms with van der Waals surface area (Å²) in [7, 11) is 0. The lowest BCUT2D eigenvalue weighted by atomic mass is 10.0. The highest BCUT2D eigenvalue weighted by Crippen LogP contribution is 2.40. The molecule has 2 aromatic heterocycles. The first kappa shape index (κ1) is 18.3. The molecule has 0 saturated carbocycles. The van der Waals surface area contributed by atoms with Gasteiger partial charge in [-0.25, -0.2) is 0 Å². The molecule has 27 heavy (non-hydrogen) atoms. The molecule has 1 saturated heterocycles. The molecule has 0 unspecified atom stereocenters. The topological polar surface area (TPSA) is 33.1 Å². The summed E-state index contributed by atoms with van der Waals surface area (Å²) in [5.41, 5.74) is 2.93. The summed E-state index contributed by atoms with van der Waals surface area (Å²) in [5.74, 6) is 0. The molecule has 1 aliphatic rings. The van der Waals surface area contributed by atoms with E-state index in [4.69, 9.17) is 35.4 Å². The van der Waals surface area contributed by atoms with Crippen LogP contribution < -0.4 is 5.32 Å². The molecule has 1 aliphatic heterocycles. The Bertz CT molecular complexity index is 973. The molecule has 7 heteroatoms. The number of nitrogens with one attached hydrogen (secondary N) is 1. The number of aromatic nitrogens is 2. The average molecular weight is 417 g/mol. The second-order valence-electron chi connectivity index (χ2n) is 6.31. The maximum Gasteiger partial charge on any atom is 0.170 e. The van der Waals surface area contributed by atoms with E-state index in [1.54, 1.807) is 12.3 Å². The summed E-state index contributed by atoms with van der Waals surface area (Å²) in [4.78, 5) is 6.74. The van der Waals surface area contributed by atoms with Gasteiger partial charge in [0.05, 0.1) is 28.5 Å². The van der Waals surface area contributed by atoms with Crippen molar-refractivity contribution < 1.29 is 0 Å². The van der Waals surface area contributed by atoms with Crippen LogP contribution in [-0.4, -0.2) is 26.1 Å². The lowest BCUT2D eigenvalue weighted by Crippen LogP contribution is -2.30. The summed E-state index contributed by atoms with van der Waals surface area (Å²) < 4.78 is 2.09. The van der Waals surface area contributed by atoms with Crippen LogP contribution in [0.4, 0.5) is 0 Å². The molecule has 0 aliphatic carbocycles. The molecule has 3 heterocycles. The minimum Gasteiger partial charge on any atom is -0.352 e. The zero-order valence-electron chi connectivity index (χ0n) is 14.6. The van der Waals surface area contributed by atoms with Crippen LogP contribution in [0, 0.1) is 0 Å². The number of hydrogen-bond acceptors (Lipinski definition) is 2. The lowest BCUT2D eigenvalue weighted by Gasteiger charge is -2.28. The smallest absolute Gasteiger partial charge is 0.170 e. The van der Waals surface area contributed by atoms with Crippen LogP contribution in [0.3, 0.4) is 0 Å². The third-order valence-electron chi connectivity index (χ3n) is 4.79. The molecule has 0 bridgehead atoms. The molecule has 1 fully saturated rings. The fraction of sp³-hybridized carbons (Fsp3) is 0.200. The first-order valence-electron chi connectivity index (χ1n) is 8.71. The molecule has 0 radical (unpaired) electrons. The first-order chi connectivity index (χ1) is 13.1. The van der Waals surface area contributed by atoms with Crippen molar-refractivity contribution in [2.75, 3.05) is 6.54 Å². The van der Waals surface area contributed by atoms with E-state index in [1.807, 2.05) is 42.6 Å². The number of nitrogens with zero attached hydrogens (tertiary/aromatic N) is 3. The minimum absolute atomic E-state index is 0.000792. The second kappa shape index (κ2) is 7.50. The van der Waals surface area contributed by atoms with Crippen molar-refractivity contribution in [1.82, 2.24) is 19.8 Å². The Morgan fingerprint density at radius 3 is 2.70 bits per heavy atom. The number of hydrogen-bond donors (Lipinski definition) is 1. The van der Waals surface area contributed by atoms with Gasteiger partial charge in [0.25, 0.3) is 0 Å². The number of thiocarbonyl (C=S) groups is 1. The SMILES string of the molecule is CCN1C(=S)N[C@@H](c2ccccn2)[C@H]1c1cccn1-c1ccc(Cl)cc1Cl. The van der Waals surface area contributed by atoms with Crippen LogP contribution in [0.15, 0.2) is 60.9 Å². The predicted molar refractivity (Wildman–Crippen MR) is 114 cm³/mol. The summed E-state index contributed by atoms with van der Waals surface area (Å²) >= 11 is 18.2. The number of benzene rings is 1. The highest BCUT2D eigenvalue weighted by atomic mass is 35.5. The van der Waals surface area contributed by atoms with E-state index in [9.17, 15) is 0 Å². The van der Waals surface area contributed by atoms with Gasteiger partial charge in [-0.2, -0.15) is 0 Å². The van der Waals surface area contributed by atoms with Gasteiger partial charge in [-0.15, -0.1) is 0 Å². The summed E-state index contributed by atoms with van der Waals surface area (Å²) in [5, 5.41) is 5.39. The Morgan fingerprint density at radius 1 is 1.15 bits per heavy atom. The standard InChI is InChI=1S/C20H18Cl2N4S/c1-2-25-19(18(24-20(25)27)15-6-3-4-10-23-15)17-7-5-11-26(17)16-9-8-13(21)12-14(16)22/h3-12,18-19H,2H2,1H3,(H,24,27)/t18-,19+/m0/s1. The summed E-state index contributed by atoms with van der Waals surface area (Å²) in [6, 6.07) is 15.5. The van der Waals surface area contributed by atoms with E-state index in [1.165, 1.54) is 0 Å². The highest BCUT2D eigenvalue weighted by molar-refractivity contribution is 7.80. The zero-order valence-corrected chi connectivity index (χ0v) is 17.0. The summed E-state index contributed by atoms with van der Waals surface area (Å²) in [6.07, 6.45) is 3.82. The molecule has 1 N–H and O–H groups in total. The van der Waals surface area contributed by atoms with Crippen molar-refractivity contribution in [3.8, 4) is 5.69 Å². The Labute approximate surface area is 173 Å². The first-order valence-corrected chi connectivity index (χ1v) is 9.87. The monoisotopic (exact) mass is 416 g/mol. The minimum atomic E-state index is -0.0432. The van der Waals surface area contributed by atoms with Crippen molar-refractivity contribution in [2.45, 2.75) is 19.0 Å². The largest absolute Gasteiger partial charge is 0.352 e. The summed E-state index contributed by atoms with van der Waals surface area (Å²) in [6.45, 7) is 2.89. The van der Waals surface area contributed by atoms with Crippen molar-refractivity contribution >= 4 is 40.5 Å². The van der Waals surface area contributed by atoms with Gasteiger partial charge in [0.1, 0.15) is 0 Å². The van der Waals surface area contributed by atoms with Gasteiger partial charge in [0.15, 0.2) is 5.11 Å². The fourth-order valence-electron chi connectivity index (χ4n) is 3.60. The van der Waals surface area contributed by atoms with Gasteiger partial charge >= 0.3 is 0 Å². The van der Waals surface area contributed by atoms with Crippen LogP contribution >= 0.6 is 35.4 Å². The molecule has 1 aromatic carbocycles. The van der Waals surface area contributed by atoms with E-state index in [-0.39, 0.29) is 12.1 Å². The van der Waals surface area contributed by atoms with E-state index >= 15 is 0 Å². The van der Waals surface area contributed by atoms with E-state index in [0.29, 0.717) is 10.0 Å². The number of pyridine rings is 1. The number of rotatable bonds is 4. The zero-order chi connectivity index (χ0) is 19.0. The maximum absolute atomic E-state index is 6.48. The quantitative estimate of drug-likeness (QED) is 0.594. The Hall–Kier alpha value is -2.08. The van der Waals surface area contributed by atoms with E-state index in [0.717, 1.165) is 28.7 Å². The van der Waals surface area contributed by atoms with Gasteiger partial charge in [0.2, 0.25) is 0 Å². The van der Waals surface area contributed by atoms with Crippen LogP contribution in [0.1, 0.15) is 30.4 Å². The van der Waals surface area contributed by atoms with Crippen molar-refractivity contribution in [1.29, 1.82) is 0 Å². The predicted octanol–water partition coefficient (Wildman–Crippen LogP) is 5.17. The van der Waals surface area contributed by atoms with E-state index in [2.05, 4.69) is 32.8 Å². The Morgan fingerprint density at radius 2 is 2.00 bits per heavy atom. The third kappa shape index (κ3) is 3.31.